The third-order valence-corrected chi connectivity index (χ3v) is 0.767. The molecule has 0 aromatic rings. The summed E-state index contributed by atoms with van der Waals surface area (Å²) in [5.74, 6) is -0.481. The van der Waals surface area contributed by atoms with Gasteiger partial charge in [0.2, 0.25) is 5.91 Å². The molecule has 0 unspecified atom stereocenters. The molecule has 0 aliphatic rings. The van der Waals surface area contributed by atoms with Crippen molar-refractivity contribution in [2.24, 2.45) is 27.4 Å². The normalized spacial score (nSPS) is 10.5. The van der Waals surface area contributed by atoms with E-state index in [0.29, 0.717) is 0 Å². The lowest BCUT2D eigenvalue weighted by Gasteiger charge is -2.15. The molecule has 104 valence electrons. The van der Waals surface area contributed by atoms with Crippen molar-refractivity contribution in [1.29, 1.82) is 0 Å². The summed E-state index contributed by atoms with van der Waals surface area (Å²) in [7, 11) is 0. The zero-order valence-corrected chi connectivity index (χ0v) is 12.3. The number of amides is 1. The van der Waals surface area contributed by atoms with E-state index in [1.165, 1.54) is 0 Å². The third-order valence-electron chi connectivity index (χ3n) is 0.767. The predicted molar refractivity (Wildman–Crippen MR) is 75.3 cm³/mol. The monoisotopic (exact) mass is 287 g/mol. The first-order valence-corrected chi connectivity index (χ1v) is 4.41. The van der Waals surface area contributed by atoms with Gasteiger partial charge in [-0.15, -0.1) is 24.8 Å². The molecule has 0 radical (unpaired) electrons. The van der Waals surface area contributed by atoms with Crippen LogP contribution in [0.15, 0.2) is 22.9 Å². The molecule has 17 heavy (non-hydrogen) atoms. The Morgan fingerprint density at radius 2 is 1.24 bits per heavy atom. The molecule has 0 spiro atoms. The molecular weight excluding hydrogens is 265 g/mol. The zero-order chi connectivity index (χ0) is 12.7. The van der Waals surface area contributed by atoms with E-state index in [4.69, 9.17) is 11.5 Å². The van der Waals surface area contributed by atoms with Crippen molar-refractivity contribution >= 4 is 30.7 Å². The fraction of sp³-hybridized carbons (Fsp3) is 0.667. The zero-order valence-electron chi connectivity index (χ0n) is 10.6. The molecule has 0 heterocycles. The summed E-state index contributed by atoms with van der Waals surface area (Å²) in [4.78, 5) is 9.47. The summed E-state index contributed by atoms with van der Waals surface area (Å²) < 4.78 is 0. The third kappa shape index (κ3) is 39.3. The Balaban J connectivity index is -0.000000105. The minimum atomic E-state index is -0.614. The Morgan fingerprint density at radius 1 is 1.06 bits per heavy atom. The Bertz CT molecular complexity index is 227. The Kier molecular flexibility index (Phi) is 15.5. The maximum absolute atomic E-state index is 9.47. The Morgan fingerprint density at radius 3 is 1.29 bits per heavy atom. The second-order valence-electron chi connectivity index (χ2n) is 4.11. The quantitative estimate of drug-likeness (QED) is 0.536. The van der Waals surface area contributed by atoms with Crippen molar-refractivity contribution in [2.45, 2.75) is 39.0 Å². The van der Waals surface area contributed by atoms with Crippen LogP contribution in [0.2, 0.25) is 0 Å². The summed E-state index contributed by atoms with van der Waals surface area (Å²) in [5, 5.41) is 7.61. The lowest BCUT2D eigenvalue weighted by atomic mass is 10.3. The first-order chi connectivity index (χ1) is 6.48. The number of azo groups is 1. The van der Waals surface area contributed by atoms with Gasteiger partial charge < -0.3 is 17.2 Å². The van der Waals surface area contributed by atoms with Crippen LogP contribution in [0.3, 0.4) is 0 Å². The lowest BCUT2D eigenvalue weighted by molar-refractivity contribution is -0.113. The number of rotatable bonds is 3. The van der Waals surface area contributed by atoms with Gasteiger partial charge in [-0.1, -0.05) is 6.58 Å². The molecule has 0 saturated heterocycles. The fourth-order valence-electron chi connectivity index (χ4n) is 0.258. The van der Waals surface area contributed by atoms with E-state index in [2.05, 4.69) is 22.5 Å². The van der Waals surface area contributed by atoms with Gasteiger partial charge in [-0.3, -0.25) is 4.79 Å². The van der Waals surface area contributed by atoms with Gasteiger partial charge in [-0.25, -0.2) is 0 Å². The average molecular weight is 288 g/mol. The van der Waals surface area contributed by atoms with E-state index < -0.39 is 17.2 Å². The second-order valence-corrected chi connectivity index (χ2v) is 4.11. The van der Waals surface area contributed by atoms with Crippen molar-refractivity contribution in [2.75, 3.05) is 0 Å². The number of nitrogens with zero attached hydrogens (tertiary/aromatic N) is 2. The smallest absolute Gasteiger partial charge is 0.240 e. The first kappa shape index (κ1) is 25.2. The van der Waals surface area contributed by atoms with Gasteiger partial charge in [0, 0.05) is 0 Å². The topological polar surface area (TPSA) is 120 Å². The van der Waals surface area contributed by atoms with Gasteiger partial charge in [0.05, 0.1) is 0 Å². The van der Waals surface area contributed by atoms with Crippen LogP contribution in [0, 0.1) is 0 Å². The maximum Gasteiger partial charge on any atom is 0.240 e. The van der Waals surface area contributed by atoms with Crippen molar-refractivity contribution in [3.63, 3.8) is 0 Å². The van der Waals surface area contributed by atoms with Gasteiger partial charge in [0.1, 0.15) is 11.3 Å². The van der Waals surface area contributed by atoms with Crippen LogP contribution in [0.1, 0.15) is 27.7 Å². The Hall–Kier alpha value is -0.690. The lowest BCUT2D eigenvalue weighted by Crippen LogP contribution is -2.33. The molecule has 0 aromatic heterocycles. The first-order valence-electron chi connectivity index (χ1n) is 4.41. The number of hydrogen-bond acceptors (Lipinski definition) is 5. The largest absolute Gasteiger partial charge is 0.366 e. The molecule has 0 atom stereocenters. The van der Waals surface area contributed by atoms with E-state index in [9.17, 15) is 4.79 Å². The van der Waals surface area contributed by atoms with Crippen LogP contribution >= 0.6 is 24.8 Å². The van der Waals surface area contributed by atoms with Gasteiger partial charge in [-0.05, 0) is 33.8 Å². The van der Waals surface area contributed by atoms with Crippen molar-refractivity contribution in [1.82, 2.24) is 0 Å². The predicted octanol–water partition coefficient (Wildman–Crippen LogP) is 1.33. The highest BCUT2D eigenvalue weighted by Crippen LogP contribution is 2.05. The van der Waals surface area contributed by atoms with Crippen LogP contribution in [0.25, 0.3) is 0 Å². The molecule has 0 aromatic carbocycles. The van der Waals surface area contributed by atoms with Crippen LogP contribution in [0.4, 0.5) is 0 Å². The van der Waals surface area contributed by atoms with Gasteiger partial charge in [0.25, 0.3) is 0 Å². The van der Waals surface area contributed by atoms with E-state index >= 15 is 0 Å². The van der Waals surface area contributed by atoms with E-state index in [1.807, 2.05) is 0 Å². The summed E-state index contributed by atoms with van der Waals surface area (Å²) in [6.45, 7) is 10.2. The number of primary amides is 1. The number of halogens is 2. The summed E-state index contributed by atoms with van der Waals surface area (Å²) >= 11 is 0. The highest BCUT2D eigenvalue weighted by Gasteiger charge is 2.12. The van der Waals surface area contributed by atoms with Gasteiger partial charge in [0.15, 0.2) is 0 Å². The average Bonchev–Trinajstić information content (AvgIpc) is 2.00. The molecule has 0 bridgehead atoms. The Labute approximate surface area is 115 Å². The molecule has 0 fully saturated rings. The summed E-state index contributed by atoms with van der Waals surface area (Å²) in [6.07, 6.45) is 1.06. The molecule has 0 aliphatic heterocycles. The molecule has 0 rings (SSSR count). The van der Waals surface area contributed by atoms with E-state index in [0.717, 1.165) is 6.08 Å². The minimum Gasteiger partial charge on any atom is -0.366 e. The number of carbonyl (C=O) groups is 1. The molecule has 6 nitrogen and oxygen atoms in total. The number of hydrogen-bond donors (Lipinski definition) is 3. The van der Waals surface area contributed by atoms with Crippen LogP contribution in [-0.4, -0.2) is 17.2 Å². The van der Waals surface area contributed by atoms with E-state index in [-0.39, 0.29) is 24.8 Å². The SMILES string of the molecule is C=CC(N)=O.CC(C)(N)N=NC(C)(C)N.Cl.Cl. The van der Waals surface area contributed by atoms with Crippen LogP contribution in [-0.2, 0) is 4.79 Å². The molecule has 0 aliphatic carbocycles. The highest BCUT2D eigenvalue weighted by molar-refractivity contribution is 5.85. The summed E-state index contributed by atoms with van der Waals surface area (Å²) in [6, 6.07) is 0. The molecular formula is C9H23Cl2N5O. The molecule has 1 amide bonds. The minimum absolute atomic E-state index is 0. The molecule has 8 heteroatoms. The van der Waals surface area contributed by atoms with Crippen molar-refractivity contribution in [3.8, 4) is 0 Å². The maximum atomic E-state index is 9.47. The molecule has 6 N–H and O–H groups in total. The second kappa shape index (κ2) is 10.5. The highest BCUT2D eigenvalue weighted by atomic mass is 35.5. The fourth-order valence-corrected chi connectivity index (χ4v) is 0.258. The van der Waals surface area contributed by atoms with Crippen LogP contribution in [0.5, 0.6) is 0 Å². The molecule has 0 saturated carbocycles. The van der Waals surface area contributed by atoms with Crippen LogP contribution < -0.4 is 17.2 Å². The van der Waals surface area contributed by atoms with Crippen molar-refractivity contribution in [3.05, 3.63) is 12.7 Å². The summed E-state index contributed by atoms with van der Waals surface area (Å²) in [5.41, 5.74) is 14.4. The van der Waals surface area contributed by atoms with E-state index in [1.54, 1.807) is 27.7 Å². The van der Waals surface area contributed by atoms with Crippen molar-refractivity contribution < 1.29 is 4.79 Å². The number of nitrogens with two attached hydrogens (primary N) is 3. The van der Waals surface area contributed by atoms with Gasteiger partial charge >= 0.3 is 0 Å². The standard InChI is InChI=1S/C6H16N4.C3H5NO.2ClH/c1-5(2,7)9-10-6(3,4)8;1-2-3(4)5;;/h7-8H2,1-4H3;2H,1H2,(H2,4,5);2*1H. The van der Waals surface area contributed by atoms with Gasteiger partial charge in [-0.2, -0.15) is 10.2 Å². The number of carbonyl (C=O) groups excluding carboxylic acids is 1.